The van der Waals surface area contributed by atoms with Crippen LogP contribution in [0.2, 0.25) is 0 Å². The molecule has 2 aliphatic rings. The monoisotopic (exact) mass is 452 g/mol. The van der Waals surface area contributed by atoms with Gasteiger partial charge >= 0.3 is 0 Å². The van der Waals surface area contributed by atoms with E-state index in [1.54, 1.807) is 29.0 Å². The smallest absolute Gasteiger partial charge is 0.251 e. The molecule has 1 fully saturated rings. The van der Waals surface area contributed by atoms with Crippen molar-refractivity contribution in [1.29, 1.82) is 0 Å². The molecule has 0 spiro atoms. The first-order valence-electron chi connectivity index (χ1n) is 11.3. The zero-order valence-electron chi connectivity index (χ0n) is 18.8. The Morgan fingerprint density at radius 1 is 1.18 bits per heavy atom. The van der Waals surface area contributed by atoms with E-state index < -0.39 is 0 Å². The highest BCUT2D eigenvalue weighted by Crippen LogP contribution is 2.19. The van der Waals surface area contributed by atoms with Crippen LogP contribution in [-0.2, 0) is 24.3 Å². The van der Waals surface area contributed by atoms with Gasteiger partial charge in [0.2, 0.25) is 5.91 Å². The molecule has 0 bridgehead atoms. The van der Waals surface area contributed by atoms with Crippen molar-refractivity contribution in [1.82, 2.24) is 19.4 Å². The van der Waals surface area contributed by atoms with Gasteiger partial charge in [-0.3, -0.25) is 9.59 Å². The van der Waals surface area contributed by atoms with E-state index in [-0.39, 0.29) is 17.3 Å². The maximum atomic E-state index is 13.4. The van der Waals surface area contributed by atoms with E-state index in [4.69, 9.17) is 5.73 Å². The molecule has 0 aliphatic carbocycles. The number of hydrogen-bond donors (Lipinski definition) is 2. The molecule has 2 aliphatic heterocycles. The first-order valence-corrected chi connectivity index (χ1v) is 11.3. The minimum atomic E-state index is -0.299. The van der Waals surface area contributed by atoms with E-state index in [1.165, 1.54) is 18.6 Å². The number of anilines is 1. The molecular weight excluding hydrogens is 423 g/mol. The minimum absolute atomic E-state index is 0.00849. The van der Waals surface area contributed by atoms with Crippen molar-refractivity contribution in [2.45, 2.75) is 39.3 Å². The van der Waals surface area contributed by atoms with Crippen LogP contribution in [0.3, 0.4) is 0 Å². The van der Waals surface area contributed by atoms with E-state index in [0.717, 1.165) is 36.5 Å². The Morgan fingerprint density at radius 2 is 2.00 bits per heavy atom. The van der Waals surface area contributed by atoms with Gasteiger partial charge in [0, 0.05) is 43.9 Å². The number of rotatable bonds is 4. The molecule has 1 amide bonds. The molecule has 33 heavy (non-hydrogen) atoms. The van der Waals surface area contributed by atoms with Crippen molar-refractivity contribution in [3.8, 4) is 0 Å². The third-order valence-electron chi connectivity index (χ3n) is 6.08. The van der Waals surface area contributed by atoms with Gasteiger partial charge < -0.3 is 20.5 Å². The summed E-state index contributed by atoms with van der Waals surface area (Å²) in [5.74, 6) is 1.62. The molecule has 3 aromatic rings. The lowest BCUT2D eigenvalue weighted by molar-refractivity contribution is -0.116. The highest BCUT2D eigenvalue weighted by molar-refractivity contribution is 5.92. The lowest BCUT2D eigenvalue weighted by Crippen LogP contribution is -2.29. The Morgan fingerprint density at radius 3 is 2.76 bits per heavy atom. The number of pyridine rings is 1. The van der Waals surface area contributed by atoms with Gasteiger partial charge in [-0.05, 0) is 55.0 Å². The van der Waals surface area contributed by atoms with Gasteiger partial charge in [-0.2, -0.15) is 0 Å². The second-order valence-electron chi connectivity index (χ2n) is 8.63. The lowest BCUT2D eigenvalue weighted by atomic mass is 10.1. The number of hydrogen-bond acceptors (Lipinski definition) is 6. The molecule has 8 nitrogen and oxygen atoms in total. The first kappa shape index (κ1) is 23.0. The van der Waals surface area contributed by atoms with Gasteiger partial charge in [0.1, 0.15) is 17.5 Å². The number of benzene rings is 1. The van der Waals surface area contributed by atoms with Crippen LogP contribution in [0.4, 0.5) is 10.2 Å². The zero-order valence-corrected chi connectivity index (χ0v) is 18.8. The fourth-order valence-corrected chi connectivity index (χ4v) is 4.24. The number of aryl methyl sites for hydroxylation is 1. The number of aromatic nitrogens is 3. The van der Waals surface area contributed by atoms with Crippen molar-refractivity contribution < 1.29 is 9.18 Å². The average molecular weight is 453 g/mol. The molecule has 0 unspecified atom stereocenters. The number of carbonyl (C=O) groups is 1. The first-order chi connectivity index (χ1) is 15.9. The molecule has 4 heterocycles. The molecule has 1 aromatic carbocycles. The molecule has 5 rings (SSSR count). The molecule has 3 N–H and O–H groups in total. The van der Waals surface area contributed by atoms with Gasteiger partial charge in [0.25, 0.3) is 5.56 Å². The van der Waals surface area contributed by atoms with Crippen LogP contribution in [0.15, 0.2) is 41.3 Å². The normalized spacial score (nSPS) is 17.9. The third kappa shape index (κ3) is 5.61. The van der Waals surface area contributed by atoms with Crippen molar-refractivity contribution in [3.05, 3.63) is 64.1 Å². The summed E-state index contributed by atoms with van der Waals surface area (Å²) in [7, 11) is 0. The predicted molar refractivity (Wildman–Crippen MR) is 125 cm³/mol. The number of halogens is 1. The van der Waals surface area contributed by atoms with E-state index in [9.17, 15) is 14.0 Å². The van der Waals surface area contributed by atoms with Crippen LogP contribution < -0.4 is 16.6 Å². The van der Waals surface area contributed by atoms with Crippen LogP contribution in [0.5, 0.6) is 0 Å². The molecular formula is C24H29FN6O2. The van der Waals surface area contributed by atoms with E-state index in [0.29, 0.717) is 43.1 Å². The summed E-state index contributed by atoms with van der Waals surface area (Å²) in [5, 5.41) is 3.59. The van der Waals surface area contributed by atoms with Crippen molar-refractivity contribution in [3.63, 3.8) is 0 Å². The van der Waals surface area contributed by atoms with Gasteiger partial charge in [-0.1, -0.05) is 6.92 Å². The number of nitrogens with one attached hydrogen (secondary N) is 1. The average Bonchev–Trinajstić information content (AvgIpc) is 3.23. The summed E-state index contributed by atoms with van der Waals surface area (Å²) >= 11 is 0. The zero-order chi connectivity index (χ0) is 23.4. The van der Waals surface area contributed by atoms with Crippen LogP contribution in [0, 0.1) is 11.7 Å². The van der Waals surface area contributed by atoms with Crippen molar-refractivity contribution >= 4 is 22.6 Å². The van der Waals surface area contributed by atoms with Crippen molar-refractivity contribution in [2.24, 2.45) is 11.7 Å². The maximum Gasteiger partial charge on any atom is 0.251 e. The Balaban J connectivity index is 0.000000172. The molecule has 9 heteroatoms. The summed E-state index contributed by atoms with van der Waals surface area (Å²) in [4.78, 5) is 33.6. The fraction of sp³-hybridized carbons (Fsp3) is 0.417. The summed E-state index contributed by atoms with van der Waals surface area (Å²) in [5.41, 5.74) is 6.99. The molecule has 174 valence electrons. The largest absolute Gasteiger partial charge is 0.324 e. The Labute approximate surface area is 191 Å². The molecule has 2 aromatic heterocycles. The van der Waals surface area contributed by atoms with Crippen LogP contribution in [-0.4, -0.2) is 45.0 Å². The van der Waals surface area contributed by atoms with E-state index in [2.05, 4.69) is 27.1 Å². The van der Waals surface area contributed by atoms with Gasteiger partial charge in [-0.15, -0.1) is 0 Å². The lowest BCUT2D eigenvalue weighted by Gasteiger charge is -2.17. The van der Waals surface area contributed by atoms with E-state index >= 15 is 0 Å². The molecule has 0 radical (unpaired) electrons. The second-order valence-corrected chi connectivity index (χ2v) is 8.63. The van der Waals surface area contributed by atoms with Crippen LogP contribution in [0.1, 0.15) is 31.2 Å². The highest BCUT2D eigenvalue weighted by atomic mass is 19.1. The maximum absolute atomic E-state index is 13.4. The second kappa shape index (κ2) is 10.2. The third-order valence-corrected chi connectivity index (χ3v) is 6.08. The number of amides is 1. The number of carbonyl (C=O) groups excluding carboxylic acids is 1. The van der Waals surface area contributed by atoms with Crippen LogP contribution >= 0.6 is 0 Å². The molecule has 0 saturated carbocycles. The number of nitrogens with two attached hydrogens (primary N) is 1. The SMILES string of the molecule is C[C@@H]1CCN(CCn2c(=O)ccc3ccc(F)cc32)C1.NCc1ncc2c(n1)NC(=O)CC2. The predicted octanol–water partition coefficient (Wildman–Crippen LogP) is 2.30. The Kier molecular flexibility index (Phi) is 7.10. The van der Waals surface area contributed by atoms with Gasteiger partial charge in [0.05, 0.1) is 12.1 Å². The fourth-order valence-electron chi connectivity index (χ4n) is 4.24. The van der Waals surface area contributed by atoms with Gasteiger partial charge in [0.15, 0.2) is 0 Å². The van der Waals surface area contributed by atoms with Gasteiger partial charge in [-0.25, -0.2) is 14.4 Å². The van der Waals surface area contributed by atoms with E-state index in [1.807, 2.05) is 0 Å². The highest BCUT2D eigenvalue weighted by Gasteiger charge is 2.18. The summed E-state index contributed by atoms with van der Waals surface area (Å²) < 4.78 is 15.1. The number of nitrogens with zero attached hydrogens (tertiary/aromatic N) is 4. The molecule has 1 atom stereocenters. The number of likely N-dealkylation sites (tertiary alicyclic amines) is 1. The summed E-state index contributed by atoms with van der Waals surface area (Å²) in [6, 6.07) is 7.92. The number of fused-ring (bicyclic) bond motifs is 2. The van der Waals surface area contributed by atoms with Crippen LogP contribution in [0.25, 0.3) is 10.9 Å². The summed E-state index contributed by atoms with van der Waals surface area (Å²) in [6.45, 7) is 6.19. The standard InChI is InChI=1S/C16H19FN2O.C8H10N4O/c1-12-6-7-18(11-12)8-9-19-15-10-14(17)4-2-13(15)3-5-16(19)20;9-3-6-10-4-5-1-2-7(13)12-8(5)11-6/h2-5,10,12H,6-9,11H2,1H3;4H,1-3,9H2,(H,10,11,12,13)/t12-;/m1./s1. The minimum Gasteiger partial charge on any atom is -0.324 e. The topological polar surface area (TPSA) is 106 Å². The molecule has 1 saturated heterocycles. The quantitative estimate of drug-likeness (QED) is 0.629. The van der Waals surface area contributed by atoms with Crippen molar-refractivity contribution in [2.75, 3.05) is 25.0 Å². The summed E-state index contributed by atoms with van der Waals surface area (Å²) in [6.07, 6.45) is 4.17. The Hall–Kier alpha value is -3.17. The Bertz CT molecular complexity index is 1210.